The minimum atomic E-state index is 0.0866. The molecular weight excluding hydrogens is 224 g/mol. The average molecular weight is 242 g/mol. The molecule has 0 aliphatic rings. The maximum Gasteiger partial charge on any atom is 0.253 e. The average Bonchev–Trinajstić information content (AvgIpc) is 2.35. The van der Waals surface area contributed by atoms with Crippen molar-refractivity contribution in [3.05, 3.63) is 64.1 Å². The predicted molar refractivity (Wildman–Crippen MR) is 75.1 cm³/mol. The van der Waals surface area contributed by atoms with Crippen molar-refractivity contribution in [3.63, 3.8) is 0 Å². The van der Waals surface area contributed by atoms with E-state index in [4.69, 9.17) is 0 Å². The number of hydrogen-bond donors (Lipinski definition) is 1. The van der Waals surface area contributed by atoms with E-state index in [0.29, 0.717) is 6.54 Å². The van der Waals surface area contributed by atoms with Crippen LogP contribution in [0.4, 0.5) is 5.69 Å². The molecule has 3 nitrogen and oxygen atoms in total. The Morgan fingerprint density at radius 1 is 1.17 bits per heavy atom. The van der Waals surface area contributed by atoms with Crippen molar-refractivity contribution in [1.29, 1.82) is 0 Å². The Kier molecular flexibility index (Phi) is 3.82. The third-order valence-electron chi connectivity index (χ3n) is 2.91. The van der Waals surface area contributed by atoms with Crippen LogP contribution in [-0.4, -0.2) is 11.1 Å². The van der Waals surface area contributed by atoms with Gasteiger partial charge in [0, 0.05) is 30.5 Å². The lowest BCUT2D eigenvalue weighted by atomic mass is 10.2. The lowest BCUT2D eigenvalue weighted by molar-refractivity contribution is 0.693. The fraction of sp³-hybridized carbons (Fsp3) is 0.267. The smallest absolute Gasteiger partial charge is 0.253 e. The van der Waals surface area contributed by atoms with E-state index in [1.54, 1.807) is 4.57 Å². The van der Waals surface area contributed by atoms with Gasteiger partial charge in [0.2, 0.25) is 0 Å². The Bertz CT molecular complexity index is 587. The van der Waals surface area contributed by atoms with E-state index in [1.165, 1.54) is 5.56 Å². The summed E-state index contributed by atoms with van der Waals surface area (Å²) < 4.78 is 1.73. The molecule has 1 aromatic heterocycles. The van der Waals surface area contributed by atoms with Crippen LogP contribution in [0.1, 0.15) is 11.1 Å². The molecule has 3 heteroatoms. The molecule has 0 aliphatic heterocycles. The van der Waals surface area contributed by atoms with Gasteiger partial charge in [-0.3, -0.25) is 4.79 Å². The van der Waals surface area contributed by atoms with Gasteiger partial charge >= 0.3 is 0 Å². The number of benzene rings is 1. The van der Waals surface area contributed by atoms with E-state index < -0.39 is 0 Å². The number of anilines is 1. The van der Waals surface area contributed by atoms with Crippen molar-refractivity contribution >= 4 is 5.69 Å². The largest absolute Gasteiger partial charge is 0.383 e. The summed E-state index contributed by atoms with van der Waals surface area (Å²) in [5, 5.41) is 3.32. The first-order chi connectivity index (χ1) is 8.66. The summed E-state index contributed by atoms with van der Waals surface area (Å²) in [6.07, 6.45) is 1.83. The molecule has 2 aromatic rings. The van der Waals surface area contributed by atoms with Gasteiger partial charge in [-0.15, -0.1) is 0 Å². The van der Waals surface area contributed by atoms with Crippen LogP contribution < -0.4 is 10.9 Å². The van der Waals surface area contributed by atoms with Crippen molar-refractivity contribution < 1.29 is 0 Å². The number of pyridine rings is 1. The van der Waals surface area contributed by atoms with Gasteiger partial charge in [0.15, 0.2) is 0 Å². The zero-order valence-corrected chi connectivity index (χ0v) is 10.8. The van der Waals surface area contributed by atoms with E-state index >= 15 is 0 Å². The molecule has 0 radical (unpaired) electrons. The van der Waals surface area contributed by atoms with Crippen LogP contribution in [0.5, 0.6) is 0 Å². The van der Waals surface area contributed by atoms with E-state index in [1.807, 2.05) is 37.4 Å². The molecule has 1 heterocycles. The Morgan fingerprint density at radius 3 is 2.78 bits per heavy atom. The normalized spacial score (nSPS) is 10.3. The quantitative estimate of drug-likeness (QED) is 0.894. The summed E-state index contributed by atoms with van der Waals surface area (Å²) in [5.74, 6) is 0. The second-order valence-electron chi connectivity index (χ2n) is 4.49. The standard InChI is InChI=1S/C15H18N2O/c1-12-5-3-7-14(11-12)16-8-10-17-9-4-6-13(2)15(17)18/h3-7,9,11,16H,8,10H2,1-2H3. The highest BCUT2D eigenvalue weighted by molar-refractivity contribution is 5.45. The Labute approximate surface area is 107 Å². The third kappa shape index (κ3) is 3.00. The number of hydrogen-bond acceptors (Lipinski definition) is 2. The molecule has 1 N–H and O–H groups in total. The number of rotatable bonds is 4. The lowest BCUT2D eigenvalue weighted by Crippen LogP contribution is -2.24. The molecule has 18 heavy (non-hydrogen) atoms. The summed E-state index contributed by atoms with van der Waals surface area (Å²) in [6, 6.07) is 12.0. The van der Waals surface area contributed by atoms with Crippen molar-refractivity contribution in [2.45, 2.75) is 20.4 Å². The molecular formula is C15H18N2O. The monoisotopic (exact) mass is 242 g/mol. The minimum Gasteiger partial charge on any atom is -0.383 e. The second-order valence-corrected chi connectivity index (χ2v) is 4.49. The van der Waals surface area contributed by atoms with Gasteiger partial charge in [-0.05, 0) is 37.6 Å². The van der Waals surface area contributed by atoms with Gasteiger partial charge in [-0.2, -0.15) is 0 Å². The molecule has 1 aromatic carbocycles. The topological polar surface area (TPSA) is 34.0 Å². The van der Waals surface area contributed by atoms with Crippen molar-refractivity contribution in [1.82, 2.24) is 4.57 Å². The zero-order chi connectivity index (χ0) is 13.0. The van der Waals surface area contributed by atoms with Gasteiger partial charge in [-0.1, -0.05) is 18.2 Å². The number of aromatic nitrogens is 1. The molecule has 0 saturated heterocycles. The Hall–Kier alpha value is -2.03. The van der Waals surface area contributed by atoms with Crippen molar-refractivity contribution in [2.24, 2.45) is 0 Å². The first kappa shape index (κ1) is 12.4. The second kappa shape index (κ2) is 5.54. The van der Waals surface area contributed by atoms with E-state index in [2.05, 4.69) is 24.4 Å². The molecule has 0 saturated carbocycles. The fourth-order valence-electron chi connectivity index (χ4n) is 1.91. The van der Waals surface area contributed by atoms with Crippen LogP contribution in [0.2, 0.25) is 0 Å². The summed E-state index contributed by atoms with van der Waals surface area (Å²) in [4.78, 5) is 11.8. The number of nitrogens with one attached hydrogen (secondary N) is 1. The van der Waals surface area contributed by atoms with Crippen LogP contribution in [-0.2, 0) is 6.54 Å². The summed E-state index contributed by atoms with van der Waals surface area (Å²) in [6.45, 7) is 5.32. The third-order valence-corrected chi connectivity index (χ3v) is 2.91. The van der Waals surface area contributed by atoms with E-state index in [0.717, 1.165) is 17.8 Å². The molecule has 0 amide bonds. The van der Waals surface area contributed by atoms with Gasteiger partial charge in [0.25, 0.3) is 5.56 Å². The fourth-order valence-corrected chi connectivity index (χ4v) is 1.91. The predicted octanol–water partition coefficient (Wildman–Crippen LogP) is 2.58. The first-order valence-electron chi connectivity index (χ1n) is 6.13. The van der Waals surface area contributed by atoms with Crippen LogP contribution in [0.15, 0.2) is 47.4 Å². The number of nitrogens with zero attached hydrogens (tertiary/aromatic N) is 1. The molecule has 0 bridgehead atoms. The molecule has 0 atom stereocenters. The van der Waals surface area contributed by atoms with Gasteiger partial charge < -0.3 is 9.88 Å². The van der Waals surface area contributed by atoms with Gasteiger partial charge in [0.05, 0.1) is 0 Å². The SMILES string of the molecule is Cc1cccc(NCCn2cccc(C)c2=O)c1. The van der Waals surface area contributed by atoms with Crippen molar-refractivity contribution in [3.8, 4) is 0 Å². The summed E-state index contributed by atoms with van der Waals surface area (Å²) in [7, 11) is 0. The Balaban J connectivity index is 1.97. The van der Waals surface area contributed by atoms with Crippen LogP contribution in [0, 0.1) is 13.8 Å². The highest BCUT2D eigenvalue weighted by Crippen LogP contribution is 2.08. The van der Waals surface area contributed by atoms with Gasteiger partial charge in [0.1, 0.15) is 0 Å². The molecule has 94 valence electrons. The van der Waals surface area contributed by atoms with Crippen LogP contribution in [0.25, 0.3) is 0 Å². The molecule has 0 fully saturated rings. The first-order valence-corrected chi connectivity index (χ1v) is 6.13. The molecule has 0 spiro atoms. The van der Waals surface area contributed by atoms with Crippen LogP contribution >= 0.6 is 0 Å². The Morgan fingerprint density at radius 2 is 2.00 bits per heavy atom. The molecule has 2 rings (SSSR count). The summed E-state index contributed by atoms with van der Waals surface area (Å²) >= 11 is 0. The molecule has 0 aliphatic carbocycles. The van der Waals surface area contributed by atoms with E-state index in [-0.39, 0.29) is 5.56 Å². The molecule has 0 unspecified atom stereocenters. The lowest BCUT2D eigenvalue weighted by Gasteiger charge is -2.09. The summed E-state index contributed by atoms with van der Waals surface area (Å²) in [5.41, 5.74) is 3.19. The highest BCUT2D eigenvalue weighted by Gasteiger charge is 1.98. The minimum absolute atomic E-state index is 0.0866. The zero-order valence-electron chi connectivity index (χ0n) is 10.8. The van der Waals surface area contributed by atoms with Gasteiger partial charge in [-0.25, -0.2) is 0 Å². The number of aryl methyl sites for hydroxylation is 2. The highest BCUT2D eigenvalue weighted by atomic mass is 16.1. The van der Waals surface area contributed by atoms with Crippen LogP contribution in [0.3, 0.4) is 0 Å². The maximum atomic E-state index is 11.8. The maximum absolute atomic E-state index is 11.8. The van der Waals surface area contributed by atoms with Crippen molar-refractivity contribution in [2.75, 3.05) is 11.9 Å². The van der Waals surface area contributed by atoms with E-state index in [9.17, 15) is 4.79 Å².